The molecule has 0 heterocycles. The minimum atomic E-state index is -0.951. The summed E-state index contributed by atoms with van der Waals surface area (Å²) in [7, 11) is 0. The van der Waals surface area contributed by atoms with E-state index in [-0.39, 0.29) is 17.6 Å². The van der Waals surface area contributed by atoms with Gasteiger partial charge in [0.05, 0.1) is 12.5 Å². The first-order valence-electron chi connectivity index (χ1n) is 7.40. The van der Waals surface area contributed by atoms with Gasteiger partial charge >= 0.3 is 5.97 Å². The Morgan fingerprint density at radius 3 is 2.24 bits per heavy atom. The molecular weight excluding hydrogens is 266 g/mol. The van der Waals surface area contributed by atoms with Crippen LogP contribution in [0, 0.1) is 0 Å². The van der Waals surface area contributed by atoms with E-state index in [1.54, 1.807) is 12.1 Å². The summed E-state index contributed by atoms with van der Waals surface area (Å²) in [6, 6.07) is 7.16. The highest BCUT2D eigenvalue weighted by atomic mass is 16.4. The Kier molecular flexibility index (Phi) is 4.47. The minimum absolute atomic E-state index is 0.0360. The molecule has 0 aromatic heterocycles. The predicted molar refractivity (Wildman–Crippen MR) is 81.7 cm³/mol. The zero-order valence-corrected chi connectivity index (χ0v) is 12.8. The van der Waals surface area contributed by atoms with Crippen LogP contribution >= 0.6 is 0 Å². The third-order valence-electron chi connectivity index (χ3n) is 3.74. The number of carbonyl (C=O) groups excluding carboxylic acids is 1. The van der Waals surface area contributed by atoms with E-state index in [4.69, 9.17) is 5.11 Å². The quantitative estimate of drug-likeness (QED) is 0.790. The molecule has 1 aromatic rings. The van der Waals surface area contributed by atoms with E-state index in [1.165, 1.54) is 0 Å². The van der Waals surface area contributed by atoms with Crippen molar-refractivity contribution in [3.05, 3.63) is 35.4 Å². The molecule has 1 atom stereocenters. The Bertz CT molecular complexity index is 524. The number of benzene rings is 1. The summed E-state index contributed by atoms with van der Waals surface area (Å²) in [4.78, 5) is 23.4. The Hall–Kier alpha value is -1.68. The van der Waals surface area contributed by atoms with Gasteiger partial charge in [0.1, 0.15) is 0 Å². The van der Waals surface area contributed by atoms with Crippen molar-refractivity contribution in [3.63, 3.8) is 0 Å². The summed E-state index contributed by atoms with van der Waals surface area (Å²) >= 11 is 0. The number of carbonyl (C=O) groups is 2. The lowest BCUT2D eigenvalue weighted by atomic mass is 9.86. The normalized spacial score (nSPS) is 16.5. The first-order chi connectivity index (χ1) is 9.77. The first-order valence-corrected chi connectivity index (χ1v) is 7.40. The molecule has 0 bridgehead atoms. The van der Waals surface area contributed by atoms with Gasteiger partial charge in [-0.1, -0.05) is 45.0 Å². The van der Waals surface area contributed by atoms with E-state index in [2.05, 4.69) is 26.1 Å². The van der Waals surface area contributed by atoms with Crippen LogP contribution in [0.4, 0.5) is 0 Å². The van der Waals surface area contributed by atoms with Crippen LogP contribution in [-0.4, -0.2) is 28.9 Å². The SMILES string of the molecule is CC(C)(C)c1ccc(C(=O)C(CC(=O)O)NC2CC2)cc1. The van der Waals surface area contributed by atoms with E-state index in [0.29, 0.717) is 11.6 Å². The lowest BCUT2D eigenvalue weighted by Crippen LogP contribution is -2.40. The number of ketones is 1. The van der Waals surface area contributed by atoms with Gasteiger partial charge in [0, 0.05) is 11.6 Å². The molecule has 0 radical (unpaired) electrons. The molecular formula is C17H23NO3. The number of nitrogens with one attached hydrogen (secondary N) is 1. The third-order valence-corrected chi connectivity index (χ3v) is 3.74. The molecule has 1 aliphatic carbocycles. The molecule has 1 fully saturated rings. The maximum Gasteiger partial charge on any atom is 0.305 e. The number of carboxylic acid groups (broad SMARTS) is 1. The molecule has 1 unspecified atom stereocenters. The molecule has 1 aromatic carbocycles. The molecule has 4 nitrogen and oxygen atoms in total. The Morgan fingerprint density at radius 2 is 1.81 bits per heavy atom. The van der Waals surface area contributed by atoms with E-state index < -0.39 is 12.0 Å². The van der Waals surface area contributed by atoms with E-state index in [0.717, 1.165) is 18.4 Å². The van der Waals surface area contributed by atoms with Crippen molar-refractivity contribution >= 4 is 11.8 Å². The van der Waals surface area contributed by atoms with Crippen LogP contribution < -0.4 is 5.32 Å². The van der Waals surface area contributed by atoms with Crippen LogP contribution in [0.1, 0.15) is 56.0 Å². The Balaban J connectivity index is 2.13. The highest BCUT2D eigenvalue weighted by molar-refractivity contribution is 6.01. The monoisotopic (exact) mass is 289 g/mol. The zero-order chi connectivity index (χ0) is 15.6. The summed E-state index contributed by atoms with van der Waals surface area (Å²) in [6.45, 7) is 6.35. The number of Topliss-reactive ketones (excluding diaryl/α,β-unsaturated/α-hetero) is 1. The molecule has 1 aliphatic rings. The van der Waals surface area contributed by atoms with Crippen molar-refractivity contribution in [2.24, 2.45) is 0 Å². The van der Waals surface area contributed by atoms with Crippen LogP contribution in [0.15, 0.2) is 24.3 Å². The summed E-state index contributed by atoms with van der Waals surface area (Å²) in [5, 5.41) is 12.1. The van der Waals surface area contributed by atoms with Crippen LogP contribution in [0.5, 0.6) is 0 Å². The van der Waals surface area contributed by atoms with Gasteiger partial charge in [-0.25, -0.2) is 0 Å². The average Bonchev–Trinajstić information content (AvgIpc) is 3.20. The Morgan fingerprint density at radius 1 is 1.24 bits per heavy atom. The molecule has 0 amide bonds. The molecule has 21 heavy (non-hydrogen) atoms. The maximum atomic E-state index is 12.5. The number of aliphatic carboxylic acids is 1. The second-order valence-electron chi connectivity index (χ2n) is 6.78. The summed E-state index contributed by atoms with van der Waals surface area (Å²) in [6.07, 6.45) is 1.87. The molecule has 0 saturated heterocycles. The smallest absolute Gasteiger partial charge is 0.305 e. The minimum Gasteiger partial charge on any atom is -0.481 e. The molecule has 2 rings (SSSR count). The molecule has 1 saturated carbocycles. The maximum absolute atomic E-state index is 12.5. The van der Waals surface area contributed by atoms with Gasteiger partial charge in [-0.3, -0.25) is 9.59 Å². The van der Waals surface area contributed by atoms with Gasteiger partial charge < -0.3 is 10.4 Å². The van der Waals surface area contributed by atoms with E-state index in [1.807, 2.05) is 12.1 Å². The van der Waals surface area contributed by atoms with Crippen molar-refractivity contribution < 1.29 is 14.7 Å². The predicted octanol–water partition coefficient (Wildman–Crippen LogP) is 2.76. The van der Waals surface area contributed by atoms with Gasteiger partial charge in [0.25, 0.3) is 0 Å². The van der Waals surface area contributed by atoms with Crippen LogP contribution in [0.2, 0.25) is 0 Å². The number of hydrogen-bond acceptors (Lipinski definition) is 3. The number of hydrogen-bond donors (Lipinski definition) is 2. The van der Waals surface area contributed by atoms with E-state index >= 15 is 0 Å². The number of carboxylic acids is 1. The van der Waals surface area contributed by atoms with Gasteiger partial charge in [0.15, 0.2) is 5.78 Å². The third kappa shape index (κ3) is 4.39. The molecule has 4 heteroatoms. The zero-order valence-electron chi connectivity index (χ0n) is 12.8. The van der Waals surface area contributed by atoms with E-state index in [9.17, 15) is 9.59 Å². The van der Waals surface area contributed by atoms with Crippen LogP contribution in [-0.2, 0) is 10.2 Å². The van der Waals surface area contributed by atoms with Gasteiger partial charge in [-0.15, -0.1) is 0 Å². The van der Waals surface area contributed by atoms with Crippen LogP contribution in [0.3, 0.4) is 0 Å². The lowest BCUT2D eigenvalue weighted by Gasteiger charge is -2.20. The lowest BCUT2D eigenvalue weighted by molar-refractivity contribution is -0.137. The highest BCUT2D eigenvalue weighted by Crippen LogP contribution is 2.24. The summed E-state index contributed by atoms with van der Waals surface area (Å²) < 4.78 is 0. The van der Waals surface area contributed by atoms with Crippen LogP contribution in [0.25, 0.3) is 0 Å². The fraction of sp³-hybridized carbons (Fsp3) is 0.529. The average molecular weight is 289 g/mol. The second-order valence-corrected chi connectivity index (χ2v) is 6.78. The Labute approximate surface area is 125 Å². The highest BCUT2D eigenvalue weighted by Gasteiger charge is 2.30. The van der Waals surface area contributed by atoms with Crippen molar-refractivity contribution in [2.75, 3.05) is 0 Å². The summed E-state index contributed by atoms with van der Waals surface area (Å²) in [5.74, 6) is -1.09. The van der Waals surface area contributed by atoms with Gasteiger partial charge in [-0.05, 0) is 23.8 Å². The van der Waals surface area contributed by atoms with Gasteiger partial charge in [0.2, 0.25) is 0 Å². The number of rotatable bonds is 6. The molecule has 2 N–H and O–H groups in total. The molecule has 0 aliphatic heterocycles. The van der Waals surface area contributed by atoms with Crippen molar-refractivity contribution in [1.29, 1.82) is 0 Å². The van der Waals surface area contributed by atoms with Crippen molar-refractivity contribution in [1.82, 2.24) is 5.32 Å². The molecule has 0 spiro atoms. The first kappa shape index (κ1) is 15.7. The standard InChI is InChI=1S/C17H23NO3/c1-17(2,3)12-6-4-11(5-7-12)16(21)14(10-15(19)20)18-13-8-9-13/h4-7,13-14,18H,8-10H2,1-3H3,(H,19,20). The second kappa shape index (κ2) is 5.98. The largest absolute Gasteiger partial charge is 0.481 e. The van der Waals surface area contributed by atoms with Gasteiger partial charge in [-0.2, -0.15) is 0 Å². The topological polar surface area (TPSA) is 66.4 Å². The fourth-order valence-electron chi connectivity index (χ4n) is 2.27. The van der Waals surface area contributed by atoms with Crippen molar-refractivity contribution in [3.8, 4) is 0 Å². The van der Waals surface area contributed by atoms with Crippen molar-refractivity contribution in [2.45, 2.75) is 57.5 Å². The summed E-state index contributed by atoms with van der Waals surface area (Å²) in [5.41, 5.74) is 1.76. The molecule has 114 valence electrons. The fourth-order valence-corrected chi connectivity index (χ4v) is 2.27.